The van der Waals surface area contributed by atoms with Crippen LogP contribution in [0.3, 0.4) is 0 Å². The summed E-state index contributed by atoms with van der Waals surface area (Å²) in [6, 6.07) is 19.9. The Morgan fingerprint density at radius 1 is 1.14 bits per heavy atom. The third kappa shape index (κ3) is 4.42. The lowest BCUT2D eigenvalue weighted by molar-refractivity contribution is 0.232. The summed E-state index contributed by atoms with van der Waals surface area (Å²) in [6.45, 7) is 2.13. The van der Waals surface area contributed by atoms with Crippen molar-refractivity contribution in [3.63, 3.8) is 0 Å². The molecule has 0 aliphatic rings. The molecule has 2 aromatic carbocycles. The summed E-state index contributed by atoms with van der Waals surface area (Å²) in [5, 5.41) is 21.9. The van der Waals surface area contributed by atoms with E-state index >= 15 is 0 Å². The smallest absolute Gasteiger partial charge is 0.0991 e. The standard InChI is InChI=1S/C18H20N2O/c1-14(17-9-5-8-16(10-17)12-19)20-18(13-21)11-15-6-3-2-4-7-15/h2-10,14,18,20-21H,11,13H2,1H3. The van der Waals surface area contributed by atoms with Gasteiger partial charge in [-0.05, 0) is 36.6 Å². The lowest BCUT2D eigenvalue weighted by atomic mass is 10.0. The average molecular weight is 280 g/mol. The Morgan fingerprint density at radius 3 is 2.57 bits per heavy atom. The summed E-state index contributed by atoms with van der Waals surface area (Å²) in [4.78, 5) is 0. The van der Waals surface area contributed by atoms with Gasteiger partial charge in [-0.1, -0.05) is 42.5 Å². The first-order chi connectivity index (χ1) is 10.2. The molecule has 0 heterocycles. The van der Waals surface area contributed by atoms with Crippen molar-refractivity contribution in [3.05, 3.63) is 71.3 Å². The van der Waals surface area contributed by atoms with Crippen LogP contribution >= 0.6 is 0 Å². The van der Waals surface area contributed by atoms with Gasteiger partial charge in [-0.25, -0.2) is 0 Å². The lowest BCUT2D eigenvalue weighted by Gasteiger charge is -2.22. The van der Waals surface area contributed by atoms with Crippen molar-refractivity contribution in [3.8, 4) is 6.07 Å². The van der Waals surface area contributed by atoms with E-state index in [0.29, 0.717) is 5.56 Å². The minimum Gasteiger partial charge on any atom is -0.395 e. The van der Waals surface area contributed by atoms with Crippen molar-refractivity contribution in [2.45, 2.75) is 25.4 Å². The van der Waals surface area contributed by atoms with Crippen LogP contribution < -0.4 is 5.32 Å². The molecule has 0 fully saturated rings. The Bertz CT molecular complexity index is 604. The van der Waals surface area contributed by atoms with Crippen LogP contribution in [0.4, 0.5) is 0 Å². The maximum atomic E-state index is 9.57. The molecular weight excluding hydrogens is 260 g/mol. The molecule has 3 nitrogen and oxygen atoms in total. The quantitative estimate of drug-likeness (QED) is 0.855. The Kier molecular flexibility index (Phi) is 5.51. The first-order valence-electron chi connectivity index (χ1n) is 7.14. The largest absolute Gasteiger partial charge is 0.395 e. The molecule has 21 heavy (non-hydrogen) atoms. The van der Waals surface area contributed by atoms with Crippen molar-refractivity contribution < 1.29 is 5.11 Å². The van der Waals surface area contributed by atoms with Gasteiger partial charge in [0.15, 0.2) is 0 Å². The van der Waals surface area contributed by atoms with Gasteiger partial charge in [0.2, 0.25) is 0 Å². The molecule has 0 bridgehead atoms. The number of aliphatic hydroxyl groups is 1. The second-order valence-corrected chi connectivity index (χ2v) is 5.19. The molecule has 2 aromatic rings. The maximum Gasteiger partial charge on any atom is 0.0991 e. The summed E-state index contributed by atoms with van der Waals surface area (Å²) >= 11 is 0. The highest BCUT2D eigenvalue weighted by atomic mass is 16.3. The normalized spacial score (nSPS) is 13.4. The van der Waals surface area contributed by atoms with E-state index in [1.54, 1.807) is 6.07 Å². The summed E-state index contributed by atoms with van der Waals surface area (Å²) in [5.74, 6) is 0. The topological polar surface area (TPSA) is 56.0 Å². The molecule has 108 valence electrons. The summed E-state index contributed by atoms with van der Waals surface area (Å²) < 4.78 is 0. The number of hydrogen-bond donors (Lipinski definition) is 2. The Balaban J connectivity index is 2.02. The Labute approximate surface area is 125 Å². The van der Waals surface area contributed by atoms with Gasteiger partial charge in [-0.2, -0.15) is 5.26 Å². The molecule has 0 aromatic heterocycles. The van der Waals surface area contributed by atoms with Gasteiger partial charge in [-0.3, -0.25) is 0 Å². The SMILES string of the molecule is CC(NC(CO)Cc1ccccc1)c1cccc(C#N)c1. The van der Waals surface area contributed by atoms with Crippen LogP contribution in [0, 0.1) is 11.3 Å². The van der Waals surface area contributed by atoms with E-state index in [1.807, 2.05) is 43.3 Å². The first kappa shape index (κ1) is 15.2. The Hall–Kier alpha value is -2.15. The van der Waals surface area contributed by atoms with Crippen LogP contribution in [0.15, 0.2) is 54.6 Å². The fourth-order valence-electron chi connectivity index (χ4n) is 2.40. The fraction of sp³-hybridized carbons (Fsp3) is 0.278. The molecule has 0 amide bonds. The van der Waals surface area contributed by atoms with Gasteiger partial charge in [0.25, 0.3) is 0 Å². The highest BCUT2D eigenvalue weighted by Crippen LogP contribution is 2.15. The Morgan fingerprint density at radius 2 is 1.90 bits per heavy atom. The molecular formula is C18H20N2O. The second-order valence-electron chi connectivity index (χ2n) is 5.19. The highest BCUT2D eigenvalue weighted by Gasteiger charge is 2.13. The summed E-state index contributed by atoms with van der Waals surface area (Å²) in [7, 11) is 0. The van der Waals surface area contributed by atoms with Crippen LogP contribution in [-0.4, -0.2) is 17.8 Å². The van der Waals surface area contributed by atoms with Crippen molar-refractivity contribution in [2.75, 3.05) is 6.61 Å². The fourth-order valence-corrected chi connectivity index (χ4v) is 2.40. The second kappa shape index (κ2) is 7.58. The van der Waals surface area contributed by atoms with Gasteiger partial charge < -0.3 is 10.4 Å². The van der Waals surface area contributed by atoms with Crippen LogP contribution in [-0.2, 0) is 6.42 Å². The van der Waals surface area contributed by atoms with Gasteiger partial charge in [0.05, 0.1) is 18.2 Å². The minimum atomic E-state index is -0.00635. The molecule has 2 unspecified atom stereocenters. The monoisotopic (exact) mass is 280 g/mol. The molecule has 0 saturated heterocycles. The lowest BCUT2D eigenvalue weighted by Crippen LogP contribution is -2.36. The number of aliphatic hydroxyl groups excluding tert-OH is 1. The predicted octanol–water partition coefficient (Wildman–Crippen LogP) is 2.81. The van der Waals surface area contributed by atoms with Gasteiger partial charge in [0.1, 0.15) is 0 Å². The summed E-state index contributed by atoms with van der Waals surface area (Å²) in [5.41, 5.74) is 2.91. The molecule has 0 saturated carbocycles. The summed E-state index contributed by atoms with van der Waals surface area (Å²) in [6.07, 6.45) is 0.777. The molecule has 3 heteroatoms. The third-order valence-electron chi connectivity index (χ3n) is 3.55. The molecule has 0 spiro atoms. The van der Waals surface area contributed by atoms with Crippen LogP contribution in [0.1, 0.15) is 29.7 Å². The predicted molar refractivity (Wildman–Crippen MR) is 83.7 cm³/mol. The van der Waals surface area contributed by atoms with Crippen LogP contribution in [0.25, 0.3) is 0 Å². The number of nitrogens with zero attached hydrogens (tertiary/aromatic N) is 1. The van der Waals surface area contributed by atoms with Crippen molar-refractivity contribution in [2.24, 2.45) is 0 Å². The number of hydrogen-bond acceptors (Lipinski definition) is 3. The zero-order chi connectivity index (χ0) is 15.1. The number of nitrogens with one attached hydrogen (secondary N) is 1. The molecule has 0 radical (unpaired) electrons. The number of rotatable bonds is 6. The minimum absolute atomic E-state index is 0.00635. The van der Waals surface area contributed by atoms with E-state index in [0.717, 1.165) is 12.0 Å². The maximum absolute atomic E-state index is 9.57. The van der Waals surface area contributed by atoms with Gasteiger partial charge in [0, 0.05) is 12.1 Å². The van der Waals surface area contributed by atoms with E-state index in [1.165, 1.54) is 5.56 Å². The van der Waals surface area contributed by atoms with Crippen molar-refractivity contribution >= 4 is 0 Å². The van der Waals surface area contributed by atoms with Crippen LogP contribution in [0.5, 0.6) is 0 Å². The van der Waals surface area contributed by atoms with Crippen LogP contribution in [0.2, 0.25) is 0 Å². The van der Waals surface area contributed by atoms with E-state index < -0.39 is 0 Å². The van der Waals surface area contributed by atoms with E-state index in [2.05, 4.69) is 23.5 Å². The van der Waals surface area contributed by atoms with E-state index in [9.17, 15) is 5.11 Å². The van der Waals surface area contributed by atoms with E-state index in [4.69, 9.17) is 5.26 Å². The highest BCUT2D eigenvalue weighted by molar-refractivity contribution is 5.34. The molecule has 2 N–H and O–H groups in total. The molecule has 2 atom stereocenters. The molecule has 2 rings (SSSR count). The zero-order valence-electron chi connectivity index (χ0n) is 12.2. The number of benzene rings is 2. The van der Waals surface area contributed by atoms with Gasteiger partial charge in [-0.15, -0.1) is 0 Å². The zero-order valence-corrected chi connectivity index (χ0v) is 12.2. The molecule has 0 aliphatic heterocycles. The average Bonchev–Trinajstić information content (AvgIpc) is 2.55. The first-order valence-corrected chi connectivity index (χ1v) is 7.14. The van der Waals surface area contributed by atoms with Gasteiger partial charge >= 0.3 is 0 Å². The molecule has 0 aliphatic carbocycles. The van der Waals surface area contributed by atoms with E-state index in [-0.39, 0.29) is 18.7 Å². The van der Waals surface area contributed by atoms with Crippen molar-refractivity contribution in [1.29, 1.82) is 5.26 Å². The van der Waals surface area contributed by atoms with Crippen molar-refractivity contribution in [1.82, 2.24) is 5.32 Å². The third-order valence-corrected chi connectivity index (χ3v) is 3.55. The number of nitriles is 1.